The molecule has 1 saturated carbocycles. The molecule has 1 aliphatic carbocycles. The molecule has 5 nitrogen and oxygen atoms in total. The molecule has 0 bridgehead atoms. The lowest BCUT2D eigenvalue weighted by molar-refractivity contribution is -0.0981. The number of ether oxygens (including phenoxy) is 1. The number of aromatic nitrogens is 2. The van der Waals surface area contributed by atoms with Crippen molar-refractivity contribution >= 4 is 21.8 Å². The van der Waals surface area contributed by atoms with Gasteiger partial charge in [0.2, 0.25) is 0 Å². The van der Waals surface area contributed by atoms with Crippen molar-refractivity contribution in [3.63, 3.8) is 0 Å². The minimum Gasteiger partial charge on any atom is -0.375 e. The number of hydrogen-bond acceptors (Lipinski definition) is 4. The van der Waals surface area contributed by atoms with E-state index in [2.05, 4.69) is 51.1 Å². The fourth-order valence-electron chi connectivity index (χ4n) is 6.07. The third kappa shape index (κ3) is 3.67. The van der Waals surface area contributed by atoms with Crippen LogP contribution in [0, 0.1) is 0 Å². The lowest BCUT2D eigenvalue weighted by atomic mass is 9.83. The second-order valence-electron chi connectivity index (χ2n) is 9.87. The van der Waals surface area contributed by atoms with Gasteiger partial charge in [0.05, 0.1) is 17.7 Å². The maximum atomic E-state index is 6.34. The molecule has 0 atom stereocenters. The summed E-state index contributed by atoms with van der Waals surface area (Å²) in [4.78, 5) is 7.07. The van der Waals surface area contributed by atoms with Crippen molar-refractivity contribution in [1.82, 2.24) is 19.8 Å². The molecule has 164 valence electrons. The number of benzene rings is 1. The van der Waals surface area contributed by atoms with Crippen LogP contribution in [-0.4, -0.2) is 58.9 Å². The zero-order valence-corrected chi connectivity index (χ0v) is 18.6. The van der Waals surface area contributed by atoms with Gasteiger partial charge in [-0.25, -0.2) is 0 Å². The van der Waals surface area contributed by atoms with Crippen molar-refractivity contribution in [2.45, 2.75) is 62.7 Å². The molecule has 4 heterocycles. The van der Waals surface area contributed by atoms with Crippen molar-refractivity contribution in [3.05, 3.63) is 42.2 Å². The molecule has 0 spiro atoms. The lowest BCUT2D eigenvalue weighted by Crippen LogP contribution is -2.51. The van der Waals surface area contributed by atoms with E-state index in [1.165, 1.54) is 79.0 Å². The molecule has 3 aliphatic rings. The monoisotopic (exact) mass is 418 g/mol. The Bertz CT molecular complexity index is 1060. The van der Waals surface area contributed by atoms with Crippen LogP contribution in [0.15, 0.2) is 36.7 Å². The highest BCUT2D eigenvalue weighted by molar-refractivity contribution is 6.07. The van der Waals surface area contributed by atoms with Crippen molar-refractivity contribution in [2.24, 2.45) is 7.05 Å². The van der Waals surface area contributed by atoms with Crippen LogP contribution in [0.5, 0.6) is 0 Å². The molecule has 2 saturated heterocycles. The highest BCUT2D eigenvalue weighted by Crippen LogP contribution is 2.37. The molecule has 2 aliphatic heterocycles. The van der Waals surface area contributed by atoms with E-state index in [1.807, 2.05) is 12.4 Å². The third-order valence-corrected chi connectivity index (χ3v) is 8.09. The fourth-order valence-corrected chi connectivity index (χ4v) is 6.07. The molecule has 6 rings (SSSR count). The molecular weight excluding hydrogens is 384 g/mol. The number of nitrogens with one attached hydrogen (secondary N) is 1. The van der Waals surface area contributed by atoms with Crippen molar-refractivity contribution in [1.29, 1.82) is 0 Å². The molecule has 0 amide bonds. The van der Waals surface area contributed by atoms with Gasteiger partial charge in [-0.1, -0.05) is 12.1 Å². The quantitative estimate of drug-likeness (QED) is 0.689. The average molecular weight is 419 g/mol. The first-order valence-corrected chi connectivity index (χ1v) is 12.2. The number of fused-ring (bicyclic) bond motifs is 3. The van der Waals surface area contributed by atoms with E-state index in [9.17, 15) is 0 Å². The molecule has 3 fully saturated rings. The van der Waals surface area contributed by atoms with Gasteiger partial charge in [0.25, 0.3) is 0 Å². The normalized spacial score (nSPS) is 26.5. The molecule has 1 aromatic carbocycles. The number of likely N-dealkylation sites (tertiary alicyclic amines) is 1. The molecule has 5 heteroatoms. The van der Waals surface area contributed by atoms with Gasteiger partial charge < -0.3 is 19.5 Å². The topological polar surface area (TPSA) is 42.3 Å². The summed E-state index contributed by atoms with van der Waals surface area (Å²) < 4.78 is 8.66. The van der Waals surface area contributed by atoms with Crippen LogP contribution in [0.25, 0.3) is 21.8 Å². The number of rotatable bonds is 4. The van der Waals surface area contributed by atoms with Crippen LogP contribution in [0.2, 0.25) is 0 Å². The zero-order chi connectivity index (χ0) is 20.8. The Labute approximate surface area is 184 Å². The van der Waals surface area contributed by atoms with Crippen LogP contribution in [0.3, 0.4) is 0 Å². The van der Waals surface area contributed by atoms with Gasteiger partial charge in [0.1, 0.15) is 0 Å². The highest BCUT2D eigenvalue weighted by atomic mass is 16.5. The Morgan fingerprint density at radius 2 is 1.74 bits per heavy atom. The molecule has 2 aromatic heterocycles. The smallest absolute Gasteiger partial charge is 0.0608 e. The second-order valence-corrected chi connectivity index (χ2v) is 9.87. The van der Waals surface area contributed by atoms with Gasteiger partial charge in [0, 0.05) is 41.8 Å². The number of aryl methyl sites for hydroxylation is 1. The summed E-state index contributed by atoms with van der Waals surface area (Å²) in [6, 6.07) is 9.98. The van der Waals surface area contributed by atoms with Gasteiger partial charge in [0.15, 0.2) is 0 Å². The maximum Gasteiger partial charge on any atom is 0.0608 e. The van der Waals surface area contributed by atoms with E-state index in [1.54, 1.807) is 0 Å². The Kier molecular flexibility index (Phi) is 5.21. The fraction of sp³-hybridized carbons (Fsp3) is 0.577. The minimum atomic E-state index is 0.498. The van der Waals surface area contributed by atoms with Gasteiger partial charge >= 0.3 is 0 Å². The molecular formula is C26H34N4O. The summed E-state index contributed by atoms with van der Waals surface area (Å²) in [5.74, 6) is 0.679. The summed E-state index contributed by atoms with van der Waals surface area (Å²) in [6.45, 7) is 4.70. The molecule has 3 aromatic rings. The summed E-state index contributed by atoms with van der Waals surface area (Å²) in [5.41, 5.74) is 4.11. The van der Waals surface area contributed by atoms with E-state index >= 15 is 0 Å². The predicted octanol–water partition coefficient (Wildman–Crippen LogP) is 4.21. The Morgan fingerprint density at radius 1 is 0.935 bits per heavy atom. The Balaban J connectivity index is 1.07. The van der Waals surface area contributed by atoms with Gasteiger partial charge in [-0.05, 0) is 88.3 Å². The minimum absolute atomic E-state index is 0.498. The van der Waals surface area contributed by atoms with Crippen LogP contribution < -0.4 is 5.32 Å². The first-order valence-electron chi connectivity index (χ1n) is 12.2. The van der Waals surface area contributed by atoms with Crippen molar-refractivity contribution in [2.75, 3.05) is 26.2 Å². The zero-order valence-electron chi connectivity index (χ0n) is 18.6. The van der Waals surface area contributed by atoms with E-state index in [-0.39, 0.29) is 0 Å². The van der Waals surface area contributed by atoms with Gasteiger partial charge in [-0.3, -0.25) is 4.98 Å². The summed E-state index contributed by atoms with van der Waals surface area (Å²) in [5, 5.41) is 6.01. The van der Waals surface area contributed by atoms with Crippen LogP contribution in [-0.2, 0) is 11.8 Å². The largest absolute Gasteiger partial charge is 0.375 e. The highest BCUT2D eigenvalue weighted by Gasteiger charge is 2.37. The van der Waals surface area contributed by atoms with E-state index in [0.29, 0.717) is 18.1 Å². The summed E-state index contributed by atoms with van der Waals surface area (Å²) in [7, 11) is 2.18. The van der Waals surface area contributed by atoms with E-state index in [4.69, 9.17) is 4.74 Å². The molecule has 0 radical (unpaired) electrons. The Morgan fingerprint density at radius 3 is 2.55 bits per heavy atom. The molecule has 0 unspecified atom stereocenters. The van der Waals surface area contributed by atoms with Crippen molar-refractivity contribution < 1.29 is 4.74 Å². The number of hydrogen-bond donors (Lipinski definition) is 1. The first-order chi connectivity index (χ1) is 15.3. The van der Waals surface area contributed by atoms with Crippen LogP contribution in [0.4, 0.5) is 0 Å². The maximum absolute atomic E-state index is 6.34. The summed E-state index contributed by atoms with van der Waals surface area (Å²) in [6.07, 6.45) is 12.3. The predicted molar refractivity (Wildman–Crippen MR) is 126 cm³/mol. The third-order valence-electron chi connectivity index (χ3n) is 8.09. The number of nitrogens with zero attached hydrogens (tertiary/aromatic N) is 3. The van der Waals surface area contributed by atoms with E-state index < -0.39 is 0 Å². The Hall–Kier alpha value is -1.95. The number of pyridine rings is 1. The van der Waals surface area contributed by atoms with Crippen molar-refractivity contribution in [3.8, 4) is 0 Å². The first kappa shape index (κ1) is 19.7. The van der Waals surface area contributed by atoms with Crippen LogP contribution >= 0.6 is 0 Å². The SMILES string of the molecule is Cn1c2ccncc2c2ccc(C3CCN(C4CC(OC5CCNCC5)C4)CC3)cc21. The standard InChI is InChI=1S/C26H34N4O/c1-29-25-6-11-28-17-24(25)23-3-2-19(14-26(23)29)18-7-12-30(13-8-18)20-15-22(16-20)31-21-4-9-27-10-5-21/h2-3,6,11,14,17-18,20-22,27H,4-5,7-10,12-13,15-16H2,1H3. The van der Waals surface area contributed by atoms with Gasteiger partial charge in [-0.2, -0.15) is 0 Å². The van der Waals surface area contributed by atoms with Gasteiger partial charge in [-0.15, -0.1) is 0 Å². The number of piperidine rings is 2. The average Bonchev–Trinajstić information content (AvgIpc) is 3.09. The molecule has 1 N–H and O–H groups in total. The van der Waals surface area contributed by atoms with E-state index in [0.717, 1.165) is 19.1 Å². The van der Waals surface area contributed by atoms with Crippen LogP contribution in [0.1, 0.15) is 50.0 Å². The lowest BCUT2D eigenvalue weighted by Gasteiger charge is -2.46. The second kappa shape index (κ2) is 8.19. The summed E-state index contributed by atoms with van der Waals surface area (Å²) >= 11 is 0. The molecule has 31 heavy (non-hydrogen) atoms.